The number of carbonyl (C=O) groups is 11. The minimum absolute atomic E-state index is 0.00232. The Balaban J connectivity index is 0.000000988. The molecule has 0 radical (unpaired) electrons. The van der Waals surface area contributed by atoms with Crippen LogP contribution in [-0.4, -0.2) is 227 Å². The first-order valence-electron chi connectivity index (χ1n) is 33.8. The molecule has 2 saturated heterocycles. The van der Waals surface area contributed by atoms with Gasteiger partial charge in [-0.25, -0.2) is 20.2 Å². The van der Waals surface area contributed by atoms with E-state index < -0.39 is 159 Å². The predicted molar refractivity (Wildman–Crippen MR) is 379 cm³/mol. The molecule has 41 nitrogen and oxygen atoms in total. The van der Waals surface area contributed by atoms with Crippen LogP contribution in [0.3, 0.4) is 0 Å². The molecule has 0 unspecified atom stereocenters. The molecule has 0 saturated carbocycles. The molecule has 5 aromatic rings. The van der Waals surface area contributed by atoms with E-state index in [-0.39, 0.29) is 94.4 Å². The second-order valence-electron chi connectivity index (χ2n) is 26.8. The van der Waals surface area contributed by atoms with Gasteiger partial charge in [-0.3, -0.25) is 67.9 Å². The van der Waals surface area contributed by atoms with Crippen molar-refractivity contribution in [2.75, 3.05) is 26.3 Å². The number of guanidine groups is 1. The summed E-state index contributed by atoms with van der Waals surface area (Å²) in [4.78, 5) is 202. The number of aromatic nitrogens is 5. The lowest BCUT2D eigenvalue weighted by Crippen LogP contribution is -2.62. The number of hydrogen-bond donors (Lipinski definition) is 23. The Morgan fingerprint density at radius 2 is 1.33 bits per heavy atom. The van der Waals surface area contributed by atoms with Crippen molar-refractivity contribution >= 4 is 97.2 Å². The van der Waals surface area contributed by atoms with E-state index in [1.165, 1.54) is 54.1 Å². The summed E-state index contributed by atoms with van der Waals surface area (Å²) in [5, 5.41) is 59.0. The van der Waals surface area contributed by atoms with Crippen molar-refractivity contribution in [3.63, 3.8) is 0 Å². The highest BCUT2D eigenvalue weighted by atomic mass is 31.2. The monoisotopic (exact) mass is 1540 g/mol. The maximum atomic E-state index is 14.8. The van der Waals surface area contributed by atoms with Gasteiger partial charge in [0.25, 0.3) is 11.0 Å². The Morgan fingerprint density at radius 3 is 1.90 bits per heavy atom. The predicted octanol–water partition coefficient (Wildman–Crippen LogP) is -4.01. The zero-order valence-corrected chi connectivity index (χ0v) is 60.9. The normalized spacial score (nSPS) is 16.5. The number of nitrogens with two attached hydrogens (primary N) is 2. The van der Waals surface area contributed by atoms with Gasteiger partial charge in [0, 0.05) is 74.5 Å². The number of primary amides is 1. The van der Waals surface area contributed by atoms with Crippen molar-refractivity contribution in [2.24, 2.45) is 17.4 Å². The SMILES string of the molecule is CC(C)C[C@H](NC(=O)[C@@H](COC(C)(C)C)NC(=O)[C@H](Cc1ccc(O)cc1)NC(=O)[C@H](CO)NC(=O)[C@H](Cc1c[nH]c2ccccc12)NC(=O)[C@H](Cc1c[nH]cn1)NC(=O)[C@@H]1CCC(=O)N1)C(=O)N[C@@H](CCCNC(=N)N)C(=O)N1CCC[C@H]1C(=O)NNC(N)=O.O=P(O)(O)C(O)(Cn1ccnc1)P(=O)(O)O. The van der Waals surface area contributed by atoms with Gasteiger partial charge in [-0.15, -0.1) is 0 Å². The van der Waals surface area contributed by atoms with Gasteiger partial charge in [0.1, 0.15) is 60.1 Å². The largest absolute Gasteiger partial charge is 0.508 e. The fourth-order valence-electron chi connectivity index (χ4n) is 11.2. The minimum Gasteiger partial charge on any atom is -0.508 e. The molecule has 2 aromatic carbocycles. The topological polar surface area (TPSA) is 646 Å². The van der Waals surface area contributed by atoms with Crippen LogP contribution in [0.2, 0.25) is 0 Å². The summed E-state index contributed by atoms with van der Waals surface area (Å²) in [6.07, 6.45) is 8.46. The molecule has 43 heteroatoms. The molecule has 107 heavy (non-hydrogen) atoms. The van der Waals surface area contributed by atoms with Crippen LogP contribution >= 0.6 is 15.2 Å². The Morgan fingerprint density at radius 1 is 0.738 bits per heavy atom. The van der Waals surface area contributed by atoms with Crippen LogP contribution in [0.15, 0.2) is 86.0 Å². The summed E-state index contributed by atoms with van der Waals surface area (Å²) in [6, 6.07) is -0.755. The second-order valence-corrected chi connectivity index (χ2v) is 30.8. The van der Waals surface area contributed by atoms with Gasteiger partial charge in [-0.1, -0.05) is 44.2 Å². The zero-order valence-electron chi connectivity index (χ0n) is 59.1. The lowest BCUT2D eigenvalue weighted by molar-refractivity contribution is -0.142. The number of nitrogens with one attached hydrogen (secondary N) is 14. The third-order valence-corrected chi connectivity index (χ3v) is 20.5. The number of imidazole rings is 2. The van der Waals surface area contributed by atoms with Gasteiger partial charge < -0.3 is 118 Å². The molecule has 2 aliphatic rings. The van der Waals surface area contributed by atoms with E-state index in [1.54, 1.807) is 65.1 Å². The number of phenolic OH excluding ortho intramolecular Hbond substituents is 1. The summed E-state index contributed by atoms with van der Waals surface area (Å²) in [6.45, 7) is 6.37. The van der Waals surface area contributed by atoms with Gasteiger partial charge in [0.05, 0.1) is 43.7 Å². The lowest BCUT2D eigenvalue weighted by Gasteiger charge is -2.31. The fourth-order valence-corrected chi connectivity index (χ4v) is 13.3. The Kier molecular flexibility index (Phi) is 31.0. The number of nitrogens with zero attached hydrogens (tertiary/aromatic N) is 4. The number of fused-ring (bicyclic) bond motifs is 1. The quantitative estimate of drug-likeness (QED) is 0.00604. The minimum atomic E-state index is -5.41. The average molecular weight is 1540 g/mol. The molecule has 7 rings (SSSR count). The van der Waals surface area contributed by atoms with Gasteiger partial charge in [-0.2, -0.15) is 0 Å². The van der Waals surface area contributed by atoms with Gasteiger partial charge in [0.2, 0.25) is 53.2 Å². The van der Waals surface area contributed by atoms with Crippen molar-refractivity contribution in [2.45, 2.75) is 170 Å². The van der Waals surface area contributed by atoms with Crippen molar-refractivity contribution < 1.29 is 102 Å². The molecule has 586 valence electrons. The molecule has 2 fully saturated rings. The molecular formula is C64H94N20O21P2. The van der Waals surface area contributed by atoms with Crippen molar-refractivity contribution in [1.82, 2.24) is 88.1 Å². The molecule has 25 N–H and O–H groups in total. The van der Waals surface area contributed by atoms with Crippen molar-refractivity contribution in [3.05, 3.63) is 103 Å². The van der Waals surface area contributed by atoms with Gasteiger partial charge in [-0.05, 0) is 94.5 Å². The van der Waals surface area contributed by atoms with Crippen molar-refractivity contribution in [3.8, 4) is 5.75 Å². The zero-order chi connectivity index (χ0) is 79.1. The van der Waals surface area contributed by atoms with Crippen LogP contribution in [0.25, 0.3) is 10.9 Å². The third-order valence-electron chi connectivity index (χ3n) is 16.8. The fraction of sp³-hybridized carbons (Fsp3) is 0.500. The Bertz CT molecular complexity index is 3990. The van der Waals surface area contributed by atoms with E-state index in [0.29, 0.717) is 34.1 Å². The van der Waals surface area contributed by atoms with Crippen LogP contribution < -0.4 is 70.2 Å². The Labute approximate surface area is 612 Å². The number of aliphatic hydroxyl groups is 2. The number of H-pyrrole nitrogens is 2. The summed E-state index contributed by atoms with van der Waals surface area (Å²) >= 11 is 0. The van der Waals surface area contributed by atoms with Crippen LogP contribution in [0.1, 0.15) is 96.4 Å². The van der Waals surface area contributed by atoms with Gasteiger partial charge in [0.15, 0.2) is 5.96 Å². The second kappa shape index (κ2) is 38.8. The van der Waals surface area contributed by atoms with E-state index in [1.807, 2.05) is 5.43 Å². The van der Waals surface area contributed by atoms with E-state index in [9.17, 15) is 77.2 Å². The lowest BCUT2D eigenvalue weighted by atomic mass is 10.0. The molecule has 9 atom stereocenters. The third kappa shape index (κ3) is 26.0. The number of phenols is 1. The number of aliphatic hydroxyl groups excluding tert-OH is 1. The number of hydrogen-bond acceptors (Lipinski definition) is 20. The summed E-state index contributed by atoms with van der Waals surface area (Å²) in [5.41, 5.74) is 15.9. The van der Waals surface area contributed by atoms with E-state index >= 15 is 0 Å². The standard InChI is InChI=1S/C59H84N18O14.C5H10N2O7P2/c1-31(2)22-40(49(82)68-39(12-8-20-64-57(60)61)56(89)77-21-9-13-46(77)55(88)75-76-58(62)90)69-54(87)45(29-91-59(3,4)5)74-50(83)41(23-32-14-16-35(79)17-15-32)70-53(86)44(28-78)73-51(84)42(24-33-26-65-37-11-7-6-10-36(33)37)71-52(85)43(25-34-27-63-30-66-34)72-48(81)38-18-19-47(80)67-38;8-5(15(9,10)11,16(12,13)14)3-7-2-1-6-4-7/h6-7,10-11,14-17,26-27,30-31,38-46,65,78-79H,8-9,12-13,18-25,28-29H2,1-5H3,(H,63,66)(H,67,80)(H,68,82)(H,69,87)(H,70,86)(H,71,85)(H,72,81)(H,73,84)(H,74,83)(H,75,88)(H4,60,61,64)(H3,62,76,90);1-2,4,8H,3H2,(H2,9,10,11)(H2,12,13,14)/t38-,39-,40-,41-,42-,43-,44-,45+,46-;/m0./s1. The number of aromatic amines is 2. The summed E-state index contributed by atoms with van der Waals surface area (Å²) in [7, 11) is -10.8. The summed E-state index contributed by atoms with van der Waals surface area (Å²) < 4.78 is 28.9. The molecule has 12 amide bonds. The van der Waals surface area contributed by atoms with Crippen LogP contribution in [0, 0.1) is 11.3 Å². The molecule has 0 bridgehead atoms. The maximum Gasteiger partial charge on any atom is 0.371 e. The number of rotatable bonds is 35. The van der Waals surface area contributed by atoms with E-state index in [4.69, 9.17) is 41.2 Å². The first-order valence-corrected chi connectivity index (χ1v) is 37.0. The number of benzene rings is 2. The number of ether oxygens (including phenoxy) is 1. The van der Waals surface area contributed by atoms with Crippen LogP contribution in [0.4, 0.5) is 4.79 Å². The number of hydrazine groups is 1. The number of urea groups is 1. The number of aromatic hydroxyl groups is 1. The molecular weight excluding hydrogens is 1450 g/mol. The number of para-hydroxylation sites is 1. The smallest absolute Gasteiger partial charge is 0.371 e. The molecule has 2 aliphatic heterocycles. The van der Waals surface area contributed by atoms with E-state index in [0.717, 1.165) is 10.9 Å². The number of carbonyl (C=O) groups excluding carboxylic acids is 11. The Hall–Kier alpha value is -10.4. The number of amides is 12. The first-order chi connectivity index (χ1) is 50.3. The molecule has 0 aliphatic carbocycles. The summed E-state index contributed by atoms with van der Waals surface area (Å²) in [5.74, 6) is -8.74. The molecule has 0 spiro atoms. The van der Waals surface area contributed by atoms with Crippen LogP contribution in [-0.2, 0) is 87.6 Å². The highest BCUT2D eigenvalue weighted by Crippen LogP contribution is 2.68. The highest BCUT2D eigenvalue weighted by Gasteiger charge is 2.59. The first kappa shape index (κ1) is 85.5. The number of likely N-dealkylation sites (tertiary alicyclic amines) is 1. The van der Waals surface area contributed by atoms with Gasteiger partial charge >= 0.3 is 21.2 Å². The molecule has 5 heterocycles. The van der Waals surface area contributed by atoms with E-state index in [2.05, 4.69) is 73.2 Å². The highest BCUT2D eigenvalue weighted by molar-refractivity contribution is 7.72. The maximum absolute atomic E-state index is 14.8. The molecule has 3 aromatic heterocycles. The van der Waals surface area contributed by atoms with Crippen LogP contribution in [0.5, 0.6) is 5.75 Å². The average Bonchev–Trinajstić information content (AvgIpc) is 1.12. The van der Waals surface area contributed by atoms with Crippen molar-refractivity contribution in [1.29, 1.82) is 5.41 Å².